The Balaban J connectivity index is 2.87. The van der Waals surface area contributed by atoms with Crippen LogP contribution in [-0.4, -0.2) is 25.3 Å². The molecule has 0 spiro atoms. The Morgan fingerprint density at radius 1 is 1.40 bits per heavy atom. The molecule has 1 rings (SSSR count). The van der Waals surface area contributed by atoms with Gasteiger partial charge in [0.25, 0.3) is 0 Å². The lowest BCUT2D eigenvalue weighted by molar-refractivity contribution is -0.134. The van der Waals surface area contributed by atoms with Gasteiger partial charge in [0.2, 0.25) is 0 Å². The van der Waals surface area contributed by atoms with Crippen molar-refractivity contribution in [3.8, 4) is 11.5 Å². The molecule has 4 heteroatoms. The molecule has 0 radical (unpaired) electrons. The van der Waals surface area contributed by atoms with Crippen molar-refractivity contribution in [2.24, 2.45) is 0 Å². The van der Waals surface area contributed by atoms with Crippen LogP contribution < -0.4 is 4.74 Å². The molecule has 0 aliphatic rings. The first-order valence-electron chi connectivity index (χ1n) is 4.30. The molecule has 15 heavy (non-hydrogen) atoms. The van der Waals surface area contributed by atoms with E-state index in [0.717, 1.165) is 0 Å². The smallest absolute Gasteiger partial charge is 0.330 e. The Labute approximate surface area is 87.7 Å². The van der Waals surface area contributed by atoms with Gasteiger partial charge in [-0.2, -0.15) is 0 Å². The minimum absolute atomic E-state index is 0.0505. The standard InChI is InChI=1S/C11H12O4/c1-14-9-5-3-8(10(12)7-9)4-6-11(13)15-2/h3-7,12H,1-2H3/b6-4+. The molecule has 80 valence electrons. The van der Waals surface area contributed by atoms with Crippen LogP contribution in [0.2, 0.25) is 0 Å². The third kappa shape index (κ3) is 3.02. The minimum Gasteiger partial charge on any atom is -0.507 e. The SMILES string of the molecule is COC(=O)/C=C/c1ccc(OC)cc1O. The fourth-order valence-corrected chi connectivity index (χ4v) is 1.02. The number of phenols is 1. The van der Waals surface area contributed by atoms with Crippen molar-refractivity contribution in [2.45, 2.75) is 0 Å². The highest BCUT2D eigenvalue weighted by molar-refractivity contribution is 5.87. The molecule has 0 aliphatic heterocycles. The fourth-order valence-electron chi connectivity index (χ4n) is 1.02. The normalized spacial score (nSPS) is 10.3. The second-order valence-electron chi connectivity index (χ2n) is 2.78. The topological polar surface area (TPSA) is 55.8 Å². The van der Waals surface area contributed by atoms with Gasteiger partial charge in [0.1, 0.15) is 11.5 Å². The summed E-state index contributed by atoms with van der Waals surface area (Å²) in [6.45, 7) is 0. The highest BCUT2D eigenvalue weighted by Crippen LogP contribution is 2.24. The van der Waals surface area contributed by atoms with E-state index >= 15 is 0 Å². The quantitative estimate of drug-likeness (QED) is 0.605. The lowest BCUT2D eigenvalue weighted by Gasteiger charge is -2.02. The number of ether oxygens (including phenoxy) is 2. The number of esters is 1. The van der Waals surface area contributed by atoms with Gasteiger partial charge < -0.3 is 14.6 Å². The molecule has 0 saturated carbocycles. The molecule has 0 aliphatic carbocycles. The third-order valence-corrected chi connectivity index (χ3v) is 1.84. The molecule has 1 aromatic carbocycles. The predicted molar refractivity (Wildman–Crippen MR) is 55.7 cm³/mol. The zero-order chi connectivity index (χ0) is 11.3. The van der Waals surface area contributed by atoms with Gasteiger partial charge in [-0.05, 0) is 18.2 Å². The van der Waals surface area contributed by atoms with Crippen molar-refractivity contribution < 1.29 is 19.4 Å². The predicted octanol–water partition coefficient (Wildman–Crippen LogP) is 1.59. The molecule has 0 atom stereocenters. The van der Waals surface area contributed by atoms with Gasteiger partial charge in [0.05, 0.1) is 14.2 Å². The number of methoxy groups -OCH3 is 2. The zero-order valence-electron chi connectivity index (χ0n) is 8.56. The van der Waals surface area contributed by atoms with Crippen LogP contribution in [0.4, 0.5) is 0 Å². The van der Waals surface area contributed by atoms with Crippen molar-refractivity contribution >= 4 is 12.0 Å². The van der Waals surface area contributed by atoms with Crippen molar-refractivity contribution in [3.63, 3.8) is 0 Å². The highest BCUT2D eigenvalue weighted by Gasteiger charge is 2.00. The van der Waals surface area contributed by atoms with Crippen molar-refractivity contribution in [1.82, 2.24) is 0 Å². The van der Waals surface area contributed by atoms with Gasteiger partial charge in [-0.3, -0.25) is 0 Å². The number of aromatic hydroxyl groups is 1. The maximum atomic E-state index is 10.8. The van der Waals surface area contributed by atoms with E-state index in [9.17, 15) is 9.90 Å². The summed E-state index contributed by atoms with van der Waals surface area (Å²) in [6.07, 6.45) is 2.71. The molecule has 0 fully saturated rings. The largest absolute Gasteiger partial charge is 0.507 e. The van der Waals surface area contributed by atoms with E-state index < -0.39 is 5.97 Å². The number of carbonyl (C=O) groups excluding carboxylic acids is 1. The van der Waals surface area contributed by atoms with Gasteiger partial charge in [0, 0.05) is 17.7 Å². The second-order valence-corrected chi connectivity index (χ2v) is 2.78. The van der Waals surface area contributed by atoms with Gasteiger partial charge in [-0.1, -0.05) is 0 Å². The zero-order valence-corrected chi connectivity index (χ0v) is 8.56. The molecule has 1 N–H and O–H groups in total. The molecule has 0 heterocycles. The van der Waals surface area contributed by atoms with Crippen LogP contribution in [0.3, 0.4) is 0 Å². The summed E-state index contributed by atoms with van der Waals surface area (Å²) in [6, 6.07) is 4.81. The maximum absolute atomic E-state index is 10.8. The second kappa shape index (κ2) is 5.05. The average Bonchev–Trinajstić information content (AvgIpc) is 2.26. The fraction of sp³-hybridized carbons (Fsp3) is 0.182. The molecule has 0 saturated heterocycles. The summed E-state index contributed by atoms with van der Waals surface area (Å²) in [5, 5.41) is 9.52. The van der Waals surface area contributed by atoms with E-state index in [4.69, 9.17) is 4.74 Å². The van der Waals surface area contributed by atoms with Crippen LogP contribution in [0.1, 0.15) is 5.56 Å². The Bertz CT molecular complexity index is 382. The number of hydrogen-bond acceptors (Lipinski definition) is 4. The minimum atomic E-state index is -0.467. The molecule has 4 nitrogen and oxygen atoms in total. The monoisotopic (exact) mass is 208 g/mol. The lowest BCUT2D eigenvalue weighted by Crippen LogP contribution is -1.93. The van der Waals surface area contributed by atoms with Crippen LogP contribution in [-0.2, 0) is 9.53 Å². The first-order valence-corrected chi connectivity index (χ1v) is 4.30. The van der Waals surface area contributed by atoms with Crippen LogP contribution in [0.25, 0.3) is 6.08 Å². The van der Waals surface area contributed by atoms with E-state index in [0.29, 0.717) is 11.3 Å². The van der Waals surface area contributed by atoms with Crippen LogP contribution >= 0.6 is 0 Å². The van der Waals surface area contributed by atoms with Crippen molar-refractivity contribution in [3.05, 3.63) is 29.8 Å². The third-order valence-electron chi connectivity index (χ3n) is 1.84. The van der Waals surface area contributed by atoms with Gasteiger partial charge in [-0.15, -0.1) is 0 Å². The number of hydrogen-bond donors (Lipinski definition) is 1. The van der Waals surface area contributed by atoms with Crippen molar-refractivity contribution in [1.29, 1.82) is 0 Å². The number of benzene rings is 1. The molecule has 0 aromatic heterocycles. The van der Waals surface area contributed by atoms with E-state index in [1.807, 2.05) is 0 Å². The first-order chi connectivity index (χ1) is 7.17. The van der Waals surface area contributed by atoms with Crippen LogP contribution in [0.5, 0.6) is 11.5 Å². The highest BCUT2D eigenvalue weighted by atomic mass is 16.5. The summed E-state index contributed by atoms with van der Waals surface area (Å²) in [5.74, 6) is 0.141. The van der Waals surface area contributed by atoms with Gasteiger partial charge in [0.15, 0.2) is 0 Å². The average molecular weight is 208 g/mol. The molecule has 0 bridgehead atoms. The van der Waals surface area contributed by atoms with E-state index in [1.165, 1.54) is 32.4 Å². The summed E-state index contributed by atoms with van der Waals surface area (Å²) in [4.78, 5) is 10.8. The number of phenolic OH excluding ortho intramolecular Hbond substituents is 1. The summed E-state index contributed by atoms with van der Waals surface area (Å²) in [7, 11) is 2.80. The molecule has 0 amide bonds. The first kappa shape index (κ1) is 11.1. The van der Waals surface area contributed by atoms with E-state index in [1.54, 1.807) is 12.1 Å². The molecule has 1 aromatic rings. The van der Waals surface area contributed by atoms with E-state index in [2.05, 4.69) is 4.74 Å². The van der Waals surface area contributed by atoms with Gasteiger partial charge in [-0.25, -0.2) is 4.79 Å². The molecule has 0 unspecified atom stereocenters. The summed E-state index contributed by atoms with van der Waals surface area (Å²) >= 11 is 0. The maximum Gasteiger partial charge on any atom is 0.330 e. The van der Waals surface area contributed by atoms with Crippen molar-refractivity contribution in [2.75, 3.05) is 14.2 Å². The van der Waals surface area contributed by atoms with Crippen LogP contribution in [0.15, 0.2) is 24.3 Å². The van der Waals surface area contributed by atoms with E-state index in [-0.39, 0.29) is 5.75 Å². The van der Waals surface area contributed by atoms with Crippen LogP contribution in [0, 0.1) is 0 Å². The Hall–Kier alpha value is -1.97. The number of carbonyl (C=O) groups is 1. The Morgan fingerprint density at radius 2 is 2.13 bits per heavy atom. The number of rotatable bonds is 3. The summed E-state index contributed by atoms with van der Waals surface area (Å²) < 4.78 is 9.35. The lowest BCUT2D eigenvalue weighted by atomic mass is 10.2. The molecular weight excluding hydrogens is 196 g/mol. The van der Waals surface area contributed by atoms with Gasteiger partial charge >= 0.3 is 5.97 Å². The Morgan fingerprint density at radius 3 is 2.67 bits per heavy atom. The Kier molecular flexibility index (Phi) is 3.74. The molecular formula is C11H12O4. The summed E-state index contributed by atoms with van der Waals surface area (Å²) in [5.41, 5.74) is 0.529.